The Morgan fingerprint density at radius 1 is 1.33 bits per heavy atom. The van der Waals surface area contributed by atoms with Crippen LogP contribution in [0.25, 0.3) is 0 Å². The molecule has 1 atom stereocenters. The molecule has 21 heavy (non-hydrogen) atoms. The van der Waals surface area contributed by atoms with Crippen LogP contribution in [0.2, 0.25) is 0 Å². The summed E-state index contributed by atoms with van der Waals surface area (Å²) in [5.74, 6) is 1.66. The average molecular weight is 295 g/mol. The quantitative estimate of drug-likeness (QED) is 0.878. The minimum Gasteiger partial charge on any atom is -0.464 e. The summed E-state index contributed by atoms with van der Waals surface area (Å²) in [5, 5.41) is 3.07. The van der Waals surface area contributed by atoms with Crippen molar-refractivity contribution >= 4 is 6.03 Å². The normalized spacial score (nSPS) is 13.3. The van der Waals surface area contributed by atoms with Crippen molar-refractivity contribution in [3.8, 4) is 0 Å². The number of nitrogens with one attached hydrogen (secondary N) is 1. The molecule has 0 unspecified atom stereocenters. The molecule has 2 amide bonds. The molecule has 0 bridgehead atoms. The molecule has 0 saturated carbocycles. The summed E-state index contributed by atoms with van der Waals surface area (Å²) < 4.78 is 5.50. The second kappa shape index (κ2) is 6.98. The van der Waals surface area contributed by atoms with Crippen molar-refractivity contribution in [1.82, 2.24) is 15.1 Å². The van der Waals surface area contributed by atoms with Crippen molar-refractivity contribution in [3.05, 3.63) is 23.7 Å². The highest BCUT2D eigenvalue weighted by atomic mass is 16.3. The van der Waals surface area contributed by atoms with Gasteiger partial charge >= 0.3 is 6.03 Å². The molecule has 0 aliphatic rings. The zero-order valence-electron chi connectivity index (χ0n) is 14.4. The zero-order chi connectivity index (χ0) is 16.2. The van der Waals surface area contributed by atoms with Crippen LogP contribution in [0.5, 0.6) is 0 Å². The van der Waals surface area contributed by atoms with Crippen LogP contribution >= 0.6 is 0 Å². The van der Waals surface area contributed by atoms with Gasteiger partial charge in [0, 0.05) is 19.6 Å². The van der Waals surface area contributed by atoms with Gasteiger partial charge < -0.3 is 19.5 Å². The molecule has 1 aromatic heterocycles. The van der Waals surface area contributed by atoms with Crippen LogP contribution in [-0.2, 0) is 6.54 Å². The van der Waals surface area contributed by atoms with Gasteiger partial charge in [-0.2, -0.15) is 0 Å². The second-order valence-electron chi connectivity index (χ2n) is 6.77. The first-order chi connectivity index (χ1) is 9.61. The third-order valence-electron chi connectivity index (χ3n) is 3.77. The predicted molar refractivity (Wildman–Crippen MR) is 85.2 cm³/mol. The van der Waals surface area contributed by atoms with Gasteiger partial charge in [-0.05, 0) is 45.5 Å². The SMILES string of the molecule is Cc1ccc(CN(C)C(=O)N[C@@H](C)C(C)(C)CN(C)C)o1. The highest BCUT2D eigenvalue weighted by Gasteiger charge is 2.28. The molecular formula is C16H29N3O2. The van der Waals surface area contributed by atoms with E-state index in [1.54, 1.807) is 11.9 Å². The molecule has 0 fully saturated rings. The number of furan rings is 1. The maximum Gasteiger partial charge on any atom is 0.317 e. The van der Waals surface area contributed by atoms with E-state index in [4.69, 9.17) is 4.42 Å². The van der Waals surface area contributed by atoms with Crippen LogP contribution in [-0.4, -0.2) is 49.6 Å². The molecule has 0 aliphatic heterocycles. The Balaban J connectivity index is 2.55. The Kier molecular flexibility index (Phi) is 5.84. The van der Waals surface area contributed by atoms with Gasteiger partial charge in [0.05, 0.1) is 6.54 Å². The number of nitrogens with zero attached hydrogens (tertiary/aromatic N) is 2. The van der Waals surface area contributed by atoms with E-state index in [0.717, 1.165) is 18.1 Å². The monoisotopic (exact) mass is 295 g/mol. The molecule has 0 saturated heterocycles. The predicted octanol–water partition coefficient (Wildman–Crippen LogP) is 2.71. The number of hydrogen-bond donors (Lipinski definition) is 1. The van der Waals surface area contributed by atoms with Gasteiger partial charge in [0.1, 0.15) is 11.5 Å². The number of carbonyl (C=O) groups excluding carboxylic acids is 1. The van der Waals surface area contributed by atoms with Gasteiger partial charge in [-0.3, -0.25) is 0 Å². The van der Waals surface area contributed by atoms with E-state index in [0.29, 0.717) is 6.54 Å². The molecule has 0 spiro atoms. The number of rotatable bonds is 6. The maximum absolute atomic E-state index is 12.3. The number of urea groups is 1. The Morgan fingerprint density at radius 2 is 1.95 bits per heavy atom. The summed E-state index contributed by atoms with van der Waals surface area (Å²) in [6.07, 6.45) is 0. The molecule has 1 rings (SSSR count). The molecule has 1 aromatic rings. The Morgan fingerprint density at radius 3 is 2.43 bits per heavy atom. The van der Waals surface area contributed by atoms with Gasteiger partial charge in [0.2, 0.25) is 0 Å². The van der Waals surface area contributed by atoms with Crippen LogP contribution in [0.1, 0.15) is 32.3 Å². The van der Waals surface area contributed by atoms with Gasteiger partial charge in [0.25, 0.3) is 0 Å². The molecule has 0 radical (unpaired) electrons. The van der Waals surface area contributed by atoms with Crippen molar-refractivity contribution in [1.29, 1.82) is 0 Å². The maximum atomic E-state index is 12.3. The first-order valence-corrected chi connectivity index (χ1v) is 7.33. The minimum absolute atomic E-state index is 0.00126. The van der Waals surface area contributed by atoms with E-state index >= 15 is 0 Å². The number of aryl methyl sites for hydroxylation is 1. The smallest absolute Gasteiger partial charge is 0.317 e. The standard InChI is InChI=1S/C16H29N3O2/c1-12-8-9-14(21-12)10-19(7)15(20)17-13(2)16(3,4)11-18(5)6/h8-9,13H,10-11H2,1-7H3,(H,17,20)/t13-/m0/s1. The first-order valence-electron chi connectivity index (χ1n) is 7.33. The molecule has 5 nitrogen and oxygen atoms in total. The van der Waals surface area contributed by atoms with Crippen LogP contribution in [0.4, 0.5) is 4.79 Å². The fourth-order valence-electron chi connectivity index (χ4n) is 2.32. The molecular weight excluding hydrogens is 266 g/mol. The Bertz CT molecular complexity index is 466. The topological polar surface area (TPSA) is 48.7 Å². The highest BCUT2D eigenvalue weighted by Crippen LogP contribution is 2.21. The summed E-state index contributed by atoms with van der Waals surface area (Å²) in [4.78, 5) is 16.0. The minimum atomic E-state index is -0.0802. The van der Waals surface area contributed by atoms with Crippen LogP contribution in [0.3, 0.4) is 0 Å². The van der Waals surface area contributed by atoms with Gasteiger partial charge in [-0.1, -0.05) is 13.8 Å². The lowest BCUT2D eigenvalue weighted by molar-refractivity contribution is 0.163. The fourth-order valence-corrected chi connectivity index (χ4v) is 2.32. The number of amides is 2. The molecule has 1 heterocycles. The van der Waals surface area contributed by atoms with E-state index < -0.39 is 0 Å². The van der Waals surface area contributed by atoms with Gasteiger partial charge in [-0.25, -0.2) is 4.79 Å². The number of hydrogen-bond acceptors (Lipinski definition) is 3. The third kappa shape index (κ3) is 5.42. The van der Waals surface area contributed by atoms with E-state index in [1.807, 2.05) is 40.1 Å². The zero-order valence-corrected chi connectivity index (χ0v) is 14.4. The molecule has 5 heteroatoms. The van der Waals surface area contributed by atoms with Crippen molar-refractivity contribution in [2.24, 2.45) is 5.41 Å². The lowest BCUT2D eigenvalue weighted by atomic mass is 9.85. The molecule has 120 valence electrons. The summed E-state index contributed by atoms with van der Waals surface area (Å²) in [5.41, 5.74) is 0.00126. The summed E-state index contributed by atoms with van der Waals surface area (Å²) in [7, 11) is 5.86. The van der Waals surface area contributed by atoms with Crippen LogP contribution in [0, 0.1) is 12.3 Å². The van der Waals surface area contributed by atoms with E-state index in [2.05, 4.69) is 24.1 Å². The Labute approximate surface area is 128 Å². The van der Waals surface area contributed by atoms with Crippen molar-refractivity contribution in [2.45, 2.75) is 40.3 Å². The fraction of sp³-hybridized carbons (Fsp3) is 0.688. The van der Waals surface area contributed by atoms with Crippen LogP contribution < -0.4 is 5.32 Å². The average Bonchev–Trinajstić information content (AvgIpc) is 2.72. The molecule has 0 aromatic carbocycles. The van der Waals surface area contributed by atoms with E-state index in [9.17, 15) is 4.79 Å². The highest BCUT2D eigenvalue weighted by molar-refractivity contribution is 5.74. The van der Waals surface area contributed by atoms with Crippen molar-refractivity contribution in [2.75, 3.05) is 27.7 Å². The number of carbonyl (C=O) groups is 1. The van der Waals surface area contributed by atoms with Crippen molar-refractivity contribution < 1.29 is 9.21 Å². The summed E-state index contributed by atoms with van der Waals surface area (Å²) in [6.45, 7) is 9.65. The summed E-state index contributed by atoms with van der Waals surface area (Å²) >= 11 is 0. The third-order valence-corrected chi connectivity index (χ3v) is 3.77. The van der Waals surface area contributed by atoms with E-state index in [-0.39, 0.29) is 17.5 Å². The molecule has 0 aliphatic carbocycles. The van der Waals surface area contributed by atoms with Crippen molar-refractivity contribution in [3.63, 3.8) is 0 Å². The first kappa shape index (κ1) is 17.6. The molecule has 1 N–H and O–H groups in total. The lowest BCUT2D eigenvalue weighted by Gasteiger charge is -2.35. The van der Waals surface area contributed by atoms with E-state index in [1.165, 1.54) is 0 Å². The lowest BCUT2D eigenvalue weighted by Crippen LogP contribution is -2.50. The largest absolute Gasteiger partial charge is 0.464 e. The Hall–Kier alpha value is -1.49. The van der Waals surface area contributed by atoms with Gasteiger partial charge in [-0.15, -0.1) is 0 Å². The van der Waals surface area contributed by atoms with Crippen LogP contribution in [0.15, 0.2) is 16.5 Å². The van der Waals surface area contributed by atoms with Gasteiger partial charge in [0.15, 0.2) is 0 Å². The summed E-state index contributed by atoms with van der Waals surface area (Å²) in [6, 6.07) is 3.80. The second-order valence-corrected chi connectivity index (χ2v) is 6.77.